The molecular weight excluding hydrogens is 266 g/mol. The molecule has 4 rings (SSSR count). The summed E-state index contributed by atoms with van der Waals surface area (Å²) in [7, 11) is 0. The van der Waals surface area contributed by atoms with Crippen LogP contribution in [0.2, 0.25) is 0 Å². The SMILES string of the molecule is Cc1ccc(-c2noc(-c3cnc4ccccn34)n2)cn1. The Hall–Kier alpha value is -3.02. The molecule has 0 amide bonds. The highest BCUT2D eigenvalue weighted by molar-refractivity contribution is 5.59. The third-order valence-electron chi connectivity index (χ3n) is 3.23. The maximum atomic E-state index is 5.35. The maximum absolute atomic E-state index is 5.35. The van der Waals surface area contributed by atoms with Crippen molar-refractivity contribution in [1.29, 1.82) is 0 Å². The van der Waals surface area contributed by atoms with Crippen molar-refractivity contribution in [3.05, 3.63) is 54.6 Å². The van der Waals surface area contributed by atoms with E-state index < -0.39 is 0 Å². The van der Waals surface area contributed by atoms with Crippen LogP contribution < -0.4 is 0 Å². The van der Waals surface area contributed by atoms with Crippen molar-refractivity contribution in [2.75, 3.05) is 0 Å². The van der Waals surface area contributed by atoms with Crippen LogP contribution in [0.15, 0.2) is 53.4 Å². The number of nitrogens with zero attached hydrogens (tertiary/aromatic N) is 5. The molecule has 0 saturated heterocycles. The molecule has 0 bridgehead atoms. The summed E-state index contributed by atoms with van der Waals surface area (Å²) in [6, 6.07) is 9.62. The van der Waals surface area contributed by atoms with Gasteiger partial charge in [-0.05, 0) is 31.2 Å². The lowest BCUT2D eigenvalue weighted by Gasteiger charge is -1.95. The average molecular weight is 277 g/mol. The average Bonchev–Trinajstić information content (AvgIpc) is 3.14. The lowest BCUT2D eigenvalue weighted by Crippen LogP contribution is -1.88. The van der Waals surface area contributed by atoms with Crippen LogP contribution in [0.5, 0.6) is 0 Å². The molecule has 4 aromatic rings. The second-order valence-electron chi connectivity index (χ2n) is 4.68. The molecule has 0 aliphatic heterocycles. The molecule has 0 fully saturated rings. The topological polar surface area (TPSA) is 69.1 Å². The lowest BCUT2D eigenvalue weighted by molar-refractivity contribution is 0.430. The Bertz CT molecular complexity index is 907. The monoisotopic (exact) mass is 277 g/mol. The summed E-state index contributed by atoms with van der Waals surface area (Å²) in [6.07, 6.45) is 5.37. The molecule has 0 unspecified atom stereocenters. The normalized spacial score (nSPS) is 11.1. The number of hydrogen-bond donors (Lipinski definition) is 0. The van der Waals surface area contributed by atoms with E-state index in [1.165, 1.54) is 0 Å². The summed E-state index contributed by atoms with van der Waals surface area (Å²) in [6.45, 7) is 1.93. The number of hydrogen-bond acceptors (Lipinski definition) is 5. The molecule has 0 spiro atoms. The number of aryl methyl sites for hydroxylation is 1. The van der Waals surface area contributed by atoms with Gasteiger partial charge in [0.15, 0.2) is 0 Å². The summed E-state index contributed by atoms with van der Waals surface area (Å²) in [5.41, 5.74) is 3.38. The van der Waals surface area contributed by atoms with Gasteiger partial charge in [0.05, 0.1) is 6.20 Å². The number of fused-ring (bicyclic) bond motifs is 1. The van der Waals surface area contributed by atoms with Crippen LogP contribution in [-0.2, 0) is 0 Å². The fourth-order valence-corrected chi connectivity index (χ4v) is 2.14. The largest absolute Gasteiger partial charge is 0.332 e. The van der Waals surface area contributed by atoms with E-state index in [9.17, 15) is 0 Å². The summed E-state index contributed by atoms with van der Waals surface area (Å²) < 4.78 is 7.26. The van der Waals surface area contributed by atoms with E-state index in [0.717, 1.165) is 22.6 Å². The Labute approximate surface area is 120 Å². The van der Waals surface area contributed by atoms with Crippen LogP contribution in [0.1, 0.15) is 5.69 Å². The van der Waals surface area contributed by atoms with Crippen molar-refractivity contribution in [2.45, 2.75) is 6.92 Å². The van der Waals surface area contributed by atoms with Gasteiger partial charge in [0.2, 0.25) is 5.82 Å². The highest BCUT2D eigenvalue weighted by Crippen LogP contribution is 2.22. The maximum Gasteiger partial charge on any atom is 0.276 e. The molecule has 21 heavy (non-hydrogen) atoms. The molecule has 6 nitrogen and oxygen atoms in total. The zero-order valence-electron chi connectivity index (χ0n) is 11.3. The Kier molecular flexibility index (Phi) is 2.53. The summed E-state index contributed by atoms with van der Waals surface area (Å²) in [5, 5.41) is 4.01. The van der Waals surface area contributed by atoms with Crippen molar-refractivity contribution in [1.82, 2.24) is 24.5 Å². The molecule has 0 atom stereocenters. The van der Waals surface area contributed by atoms with Gasteiger partial charge in [0.25, 0.3) is 5.89 Å². The van der Waals surface area contributed by atoms with E-state index in [1.54, 1.807) is 12.4 Å². The molecule has 0 radical (unpaired) electrons. The first-order chi connectivity index (χ1) is 10.3. The van der Waals surface area contributed by atoms with Crippen LogP contribution in [0.25, 0.3) is 28.6 Å². The predicted octanol–water partition coefficient (Wildman–Crippen LogP) is 2.75. The summed E-state index contributed by atoms with van der Waals surface area (Å²) in [5.74, 6) is 0.952. The zero-order chi connectivity index (χ0) is 14.2. The molecule has 0 aliphatic rings. The first kappa shape index (κ1) is 11.8. The van der Waals surface area contributed by atoms with Crippen LogP contribution in [0.4, 0.5) is 0 Å². The molecule has 4 heterocycles. The van der Waals surface area contributed by atoms with Gasteiger partial charge in [-0.3, -0.25) is 9.38 Å². The molecule has 102 valence electrons. The zero-order valence-corrected chi connectivity index (χ0v) is 11.3. The van der Waals surface area contributed by atoms with E-state index in [0.29, 0.717) is 11.7 Å². The Balaban J connectivity index is 1.79. The number of rotatable bonds is 2. The van der Waals surface area contributed by atoms with Gasteiger partial charge < -0.3 is 4.52 Å². The van der Waals surface area contributed by atoms with Crippen LogP contribution >= 0.6 is 0 Å². The van der Waals surface area contributed by atoms with Crippen molar-refractivity contribution >= 4 is 5.65 Å². The fourth-order valence-electron chi connectivity index (χ4n) is 2.14. The molecule has 0 aromatic carbocycles. The molecule has 6 heteroatoms. The fraction of sp³-hybridized carbons (Fsp3) is 0.0667. The number of pyridine rings is 2. The van der Waals surface area contributed by atoms with Crippen LogP contribution in [0.3, 0.4) is 0 Å². The Morgan fingerprint density at radius 3 is 2.86 bits per heavy atom. The van der Waals surface area contributed by atoms with Gasteiger partial charge in [-0.25, -0.2) is 4.98 Å². The van der Waals surface area contributed by atoms with Crippen LogP contribution in [-0.4, -0.2) is 24.5 Å². The second-order valence-corrected chi connectivity index (χ2v) is 4.68. The molecule has 0 aliphatic carbocycles. The van der Waals surface area contributed by atoms with E-state index in [4.69, 9.17) is 4.52 Å². The van der Waals surface area contributed by atoms with Crippen LogP contribution in [0, 0.1) is 6.92 Å². The van der Waals surface area contributed by atoms with Crippen molar-refractivity contribution in [3.63, 3.8) is 0 Å². The quantitative estimate of drug-likeness (QED) is 0.563. The van der Waals surface area contributed by atoms with Crippen molar-refractivity contribution in [2.24, 2.45) is 0 Å². The minimum absolute atomic E-state index is 0.435. The molecule has 0 saturated carbocycles. The minimum atomic E-state index is 0.435. The summed E-state index contributed by atoms with van der Waals surface area (Å²) in [4.78, 5) is 13.0. The standard InChI is InChI=1S/C15H11N5O/c1-10-5-6-11(8-16-10)14-18-15(21-19-14)12-9-17-13-4-2-3-7-20(12)13/h2-9H,1H3. The Morgan fingerprint density at radius 1 is 1.05 bits per heavy atom. The first-order valence-electron chi connectivity index (χ1n) is 6.50. The molecule has 0 N–H and O–H groups in total. The number of aromatic nitrogens is 5. The van der Waals surface area contributed by atoms with E-state index in [-0.39, 0.29) is 0 Å². The van der Waals surface area contributed by atoms with Gasteiger partial charge in [-0.15, -0.1) is 0 Å². The van der Waals surface area contributed by atoms with E-state index in [2.05, 4.69) is 20.1 Å². The van der Waals surface area contributed by atoms with Gasteiger partial charge in [-0.2, -0.15) is 4.98 Å². The van der Waals surface area contributed by atoms with E-state index >= 15 is 0 Å². The third kappa shape index (κ3) is 1.97. The molecular formula is C15H11N5O. The highest BCUT2D eigenvalue weighted by atomic mass is 16.5. The first-order valence-corrected chi connectivity index (χ1v) is 6.50. The number of imidazole rings is 1. The minimum Gasteiger partial charge on any atom is -0.332 e. The second kappa shape index (κ2) is 4.52. The third-order valence-corrected chi connectivity index (χ3v) is 3.23. The van der Waals surface area contributed by atoms with Crippen molar-refractivity contribution < 1.29 is 4.52 Å². The Morgan fingerprint density at radius 2 is 2.00 bits per heavy atom. The van der Waals surface area contributed by atoms with Gasteiger partial charge in [0, 0.05) is 23.7 Å². The molecule has 4 aromatic heterocycles. The summed E-state index contributed by atoms with van der Waals surface area (Å²) >= 11 is 0. The highest BCUT2D eigenvalue weighted by Gasteiger charge is 2.14. The van der Waals surface area contributed by atoms with Gasteiger partial charge in [0.1, 0.15) is 11.3 Å². The lowest BCUT2D eigenvalue weighted by atomic mass is 10.2. The predicted molar refractivity (Wildman–Crippen MR) is 76.5 cm³/mol. The van der Waals surface area contributed by atoms with E-state index in [1.807, 2.05) is 47.9 Å². The van der Waals surface area contributed by atoms with Crippen molar-refractivity contribution in [3.8, 4) is 23.0 Å². The smallest absolute Gasteiger partial charge is 0.276 e. The van der Waals surface area contributed by atoms with Gasteiger partial charge in [-0.1, -0.05) is 11.2 Å². The van der Waals surface area contributed by atoms with Gasteiger partial charge >= 0.3 is 0 Å².